The fraction of sp³-hybridized carbons (Fsp3) is 0.238. The van der Waals surface area contributed by atoms with E-state index in [0.717, 1.165) is 16.9 Å². The van der Waals surface area contributed by atoms with Crippen molar-refractivity contribution >= 4 is 34.2 Å². The number of anilines is 2. The van der Waals surface area contributed by atoms with Gasteiger partial charge < -0.3 is 15.5 Å². The van der Waals surface area contributed by atoms with Crippen molar-refractivity contribution in [3.05, 3.63) is 60.4 Å². The zero-order valence-corrected chi connectivity index (χ0v) is 15.2. The van der Waals surface area contributed by atoms with Crippen LogP contribution in [0.25, 0.3) is 11.0 Å². The van der Waals surface area contributed by atoms with Crippen LogP contribution in [0.3, 0.4) is 0 Å². The maximum Gasteiger partial charge on any atom is 0.253 e. The highest BCUT2D eigenvalue weighted by atomic mass is 16.2. The van der Waals surface area contributed by atoms with Crippen LogP contribution in [-0.2, 0) is 4.79 Å². The van der Waals surface area contributed by atoms with Gasteiger partial charge in [0.25, 0.3) is 5.91 Å². The maximum atomic E-state index is 13.0. The van der Waals surface area contributed by atoms with Gasteiger partial charge in [0.05, 0.1) is 22.4 Å². The van der Waals surface area contributed by atoms with Crippen molar-refractivity contribution in [1.29, 1.82) is 0 Å². The second-order valence-corrected chi connectivity index (χ2v) is 7.26. The van der Waals surface area contributed by atoms with E-state index in [9.17, 15) is 9.59 Å². The van der Waals surface area contributed by atoms with E-state index in [1.54, 1.807) is 29.4 Å². The van der Waals surface area contributed by atoms with Gasteiger partial charge in [0.1, 0.15) is 5.54 Å². The van der Waals surface area contributed by atoms with Crippen LogP contribution in [0, 0.1) is 0 Å². The Morgan fingerprint density at radius 1 is 0.964 bits per heavy atom. The van der Waals surface area contributed by atoms with Crippen molar-refractivity contribution in [2.45, 2.75) is 18.4 Å². The summed E-state index contributed by atoms with van der Waals surface area (Å²) >= 11 is 0. The molecule has 2 aliphatic rings. The summed E-state index contributed by atoms with van der Waals surface area (Å²) in [4.78, 5) is 36.0. The molecule has 3 heterocycles. The molecular weight excluding hydrogens is 354 g/mol. The monoisotopic (exact) mass is 373 g/mol. The van der Waals surface area contributed by atoms with Gasteiger partial charge in [-0.05, 0) is 43.2 Å². The standard InChI is InChI=1S/C21H19N5O2/c27-19(14-5-6-15-18(13-14)23-10-9-22-15)26-11-7-21(8-12-26)20(28)24-16-3-1-2-4-17(16)25-21/h1-6,9-10,13,25H,7-8,11-12H2,(H,24,28). The molecule has 5 rings (SSSR count). The molecule has 1 saturated heterocycles. The highest BCUT2D eigenvalue weighted by Gasteiger charge is 2.45. The van der Waals surface area contributed by atoms with Crippen molar-refractivity contribution in [3.8, 4) is 0 Å². The Balaban J connectivity index is 1.34. The van der Waals surface area contributed by atoms with Gasteiger partial charge in [-0.2, -0.15) is 0 Å². The Kier molecular flexibility index (Phi) is 3.75. The quantitative estimate of drug-likeness (QED) is 0.685. The smallest absolute Gasteiger partial charge is 0.253 e. The molecule has 1 fully saturated rings. The van der Waals surface area contributed by atoms with E-state index in [2.05, 4.69) is 20.6 Å². The first-order chi connectivity index (χ1) is 13.6. The molecule has 2 aliphatic heterocycles. The first-order valence-electron chi connectivity index (χ1n) is 9.33. The van der Waals surface area contributed by atoms with E-state index >= 15 is 0 Å². The second-order valence-electron chi connectivity index (χ2n) is 7.26. The minimum Gasteiger partial charge on any atom is -0.369 e. The van der Waals surface area contributed by atoms with E-state index in [1.165, 1.54) is 0 Å². The minimum atomic E-state index is -0.667. The van der Waals surface area contributed by atoms with Crippen LogP contribution in [0.5, 0.6) is 0 Å². The summed E-state index contributed by atoms with van der Waals surface area (Å²) in [6, 6.07) is 13.1. The molecule has 2 N–H and O–H groups in total. The molecule has 0 atom stereocenters. The number of hydrogen-bond donors (Lipinski definition) is 2. The van der Waals surface area contributed by atoms with Crippen molar-refractivity contribution in [3.63, 3.8) is 0 Å². The molecule has 0 aliphatic carbocycles. The number of rotatable bonds is 1. The summed E-state index contributed by atoms with van der Waals surface area (Å²) in [5.41, 5.74) is 3.12. The van der Waals surface area contributed by atoms with Gasteiger partial charge >= 0.3 is 0 Å². The number of likely N-dealkylation sites (tertiary alicyclic amines) is 1. The molecule has 0 radical (unpaired) electrons. The third-order valence-electron chi connectivity index (χ3n) is 5.60. The van der Waals surface area contributed by atoms with E-state index < -0.39 is 5.54 Å². The summed E-state index contributed by atoms with van der Waals surface area (Å²) in [5, 5.41) is 6.41. The molecule has 0 saturated carbocycles. The summed E-state index contributed by atoms with van der Waals surface area (Å²) in [6.07, 6.45) is 4.37. The number of nitrogens with one attached hydrogen (secondary N) is 2. The number of benzene rings is 2. The number of amides is 2. The molecule has 0 unspecified atom stereocenters. The second kappa shape index (κ2) is 6.30. The largest absolute Gasteiger partial charge is 0.369 e. The van der Waals surface area contributed by atoms with Crippen LogP contribution >= 0.6 is 0 Å². The molecule has 1 aromatic heterocycles. The van der Waals surface area contributed by atoms with E-state index in [0.29, 0.717) is 37.0 Å². The molecule has 1 spiro atoms. The predicted octanol–water partition coefficient (Wildman–Crippen LogP) is 2.67. The zero-order chi connectivity index (χ0) is 19.1. The van der Waals surface area contributed by atoms with Crippen LogP contribution in [0.4, 0.5) is 11.4 Å². The van der Waals surface area contributed by atoms with Crippen molar-refractivity contribution in [2.24, 2.45) is 0 Å². The molecule has 7 heteroatoms. The minimum absolute atomic E-state index is 0.0284. The molecular formula is C21H19N5O2. The summed E-state index contributed by atoms with van der Waals surface area (Å²) in [5.74, 6) is -0.0710. The van der Waals surface area contributed by atoms with Crippen LogP contribution in [0.15, 0.2) is 54.9 Å². The van der Waals surface area contributed by atoms with E-state index in [-0.39, 0.29) is 11.8 Å². The number of carbonyl (C=O) groups excluding carboxylic acids is 2. The lowest BCUT2D eigenvalue weighted by molar-refractivity contribution is -0.122. The number of carbonyl (C=O) groups is 2. The first kappa shape index (κ1) is 16.7. The van der Waals surface area contributed by atoms with E-state index in [1.807, 2.05) is 30.3 Å². The third kappa shape index (κ3) is 2.67. The Bertz CT molecular complexity index is 1090. The van der Waals surface area contributed by atoms with Crippen LogP contribution in [0.2, 0.25) is 0 Å². The molecule has 2 aromatic carbocycles. The summed E-state index contributed by atoms with van der Waals surface area (Å²) < 4.78 is 0. The SMILES string of the molecule is O=C(c1ccc2nccnc2c1)N1CCC2(CC1)Nc1ccccc1NC2=O. The lowest BCUT2D eigenvalue weighted by Crippen LogP contribution is -2.59. The fourth-order valence-corrected chi connectivity index (χ4v) is 3.98. The van der Waals surface area contributed by atoms with Gasteiger partial charge in [0.2, 0.25) is 5.91 Å². The Labute approximate surface area is 161 Å². The van der Waals surface area contributed by atoms with Gasteiger partial charge in [-0.25, -0.2) is 0 Å². The number of piperidine rings is 1. The lowest BCUT2D eigenvalue weighted by atomic mass is 9.84. The maximum absolute atomic E-state index is 13.0. The molecule has 0 bridgehead atoms. The Hall–Kier alpha value is -3.48. The zero-order valence-electron chi connectivity index (χ0n) is 15.2. The number of aromatic nitrogens is 2. The lowest BCUT2D eigenvalue weighted by Gasteiger charge is -2.44. The van der Waals surface area contributed by atoms with Crippen molar-refractivity contribution in [2.75, 3.05) is 23.7 Å². The Morgan fingerprint density at radius 2 is 1.68 bits per heavy atom. The van der Waals surface area contributed by atoms with Gasteiger partial charge in [-0.1, -0.05) is 12.1 Å². The number of para-hydroxylation sites is 2. The first-order valence-corrected chi connectivity index (χ1v) is 9.33. The van der Waals surface area contributed by atoms with Crippen LogP contribution in [0.1, 0.15) is 23.2 Å². The number of nitrogens with zero attached hydrogens (tertiary/aromatic N) is 3. The molecule has 7 nitrogen and oxygen atoms in total. The number of fused-ring (bicyclic) bond motifs is 2. The summed E-state index contributed by atoms with van der Waals surface area (Å²) in [6.45, 7) is 1.03. The normalized spacial score (nSPS) is 17.7. The molecule has 2 amide bonds. The van der Waals surface area contributed by atoms with Gasteiger partial charge in [0, 0.05) is 31.0 Å². The van der Waals surface area contributed by atoms with Crippen LogP contribution < -0.4 is 10.6 Å². The fourth-order valence-electron chi connectivity index (χ4n) is 3.98. The van der Waals surface area contributed by atoms with Crippen molar-refractivity contribution in [1.82, 2.24) is 14.9 Å². The van der Waals surface area contributed by atoms with Crippen LogP contribution in [-0.4, -0.2) is 45.3 Å². The molecule has 140 valence electrons. The van der Waals surface area contributed by atoms with Gasteiger partial charge in [-0.3, -0.25) is 19.6 Å². The summed E-state index contributed by atoms with van der Waals surface area (Å²) in [7, 11) is 0. The highest BCUT2D eigenvalue weighted by molar-refractivity contribution is 6.06. The van der Waals surface area contributed by atoms with E-state index in [4.69, 9.17) is 0 Å². The van der Waals surface area contributed by atoms with Gasteiger partial charge in [-0.15, -0.1) is 0 Å². The molecule has 3 aromatic rings. The average Bonchev–Trinajstić information content (AvgIpc) is 2.74. The van der Waals surface area contributed by atoms with Gasteiger partial charge in [0.15, 0.2) is 0 Å². The highest BCUT2D eigenvalue weighted by Crippen LogP contribution is 2.36. The number of hydrogen-bond acceptors (Lipinski definition) is 5. The predicted molar refractivity (Wildman–Crippen MR) is 106 cm³/mol. The average molecular weight is 373 g/mol. The molecule has 28 heavy (non-hydrogen) atoms. The third-order valence-corrected chi connectivity index (χ3v) is 5.60. The Morgan fingerprint density at radius 3 is 2.46 bits per heavy atom. The topological polar surface area (TPSA) is 87.2 Å². The van der Waals surface area contributed by atoms with Crippen molar-refractivity contribution < 1.29 is 9.59 Å².